The van der Waals surface area contributed by atoms with Gasteiger partial charge in [-0.1, -0.05) is 47.5 Å². The fourth-order valence-corrected chi connectivity index (χ4v) is 5.26. The van der Waals surface area contributed by atoms with Gasteiger partial charge in [0, 0.05) is 39.3 Å². The highest BCUT2D eigenvalue weighted by molar-refractivity contribution is 7.14. The number of rotatable bonds is 12. The molecule has 0 saturated heterocycles. The van der Waals surface area contributed by atoms with Crippen LogP contribution in [0.1, 0.15) is 28.4 Å². The summed E-state index contributed by atoms with van der Waals surface area (Å²) in [6, 6.07) is 23.8. The van der Waals surface area contributed by atoms with E-state index in [2.05, 4.69) is 20.8 Å². The number of anilines is 2. The van der Waals surface area contributed by atoms with Gasteiger partial charge in [0.2, 0.25) is 0 Å². The average molecular weight is 663 g/mol. The smallest absolute Gasteiger partial charge is 0.271 e. The second-order valence-electron chi connectivity index (χ2n) is 9.42. The summed E-state index contributed by atoms with van der Waals surface area (Å²) >= 11 is 13.9. The minimum absolute atomic E-state index is 0.0337. The molecule has 0 bridgehead atoms. The minimum Gasteiger partial charge on any atom is -0.490 e. The van der Waals surface area contributed by atoms with Gasteiger partial charge < -0.3 is 14.8 Å². The highest BCUT2D eigenvalue weighted by Crippen LogP contribution is 2.37. The molecule has 0 unspecified atom stereocenters. The van der Waals surface area contributed by atoms with E-state index < -0.39 is 10.8 Å². The Kier molecular flexibility index (Phi) is 10.3. The van der Waals surface area contributed by atoms with E-state index in [1.165, 1.54) is 29.7 Å². The fourth-order valence-electron chi connectivity index (χ4n) is 4.12. The highest BCUT2D eigenvalue weighted by Gasteiger charge is 2.14. The Morgan fingerprint density at radius 3 is 2.56 bits per heavy atom. The van der Waals surface area contributed by atoms with Gasteiger partial charge in [0.25, 0.3) is 11.6 Å². The first-order valence-electron chi connectivity index (χ1n) is 13.5. The Labute approximate surface area is 272 Å². The molecule has 4 aromatic carbocycles. The summed E-state index contributed by atoms with van der Waals surface area (Å²) in [5, 5.41) is 22.0. The van der Waals surface area contributed by atoms with Gasteiger partial charge in [0.05, 0.1) is 28.5 Å². The number of thiazole rings is 1. The third kappa shape index (κ3) is 8.36. The molecule has 0 fully saturated rings. The summed E-state index contributed by atoms with van der Waals surface area (Å²) < 4.78 is 11.6. The Hall–Kier alpha value is -4.97. The second kappa shape index (κ2) is 14.7. The van der Waals surface area contributed by atoms with Crippen molar-refractivity contribution in [3.63, 3.8) is 0 Å². The van der Waals surface area contributed by atoms with Crippen molar-refractivity contribution in [3.05, 3.63) is 127 Å². The summed E-state index contributed by atoms with van der Waals surface area (Å²) in [5.41, 5.74) is 6.59. The number of benzene rings is 4. The number of carbonyl (C=O) groups excluding carboxylic acids is 1. The van der Waals surface area contributed by atoms with Crippen LogP contribution in [-0.4, -0.2) is 28.6 Å². The number of aromatic nitrogens is 1. The molecule has 1 aromatic heterocycles. The van der Waals surface area contributed by atoms with Crippen LogP contribution in [0, 0.1) is 10.1 Å². The van der Waals surface area contributed by atoms with E-state index in [0.29, 0.717) is 39.8 Å². The zero-order valence-electron chi connectivity index (χ0n) is 23.7. The van der Waals surface area contributed by atoms with E-state index in [1.807, 2.05) is 36.6 Å². The van der Waals surface area contributed by atoms with E-state index in [4.69, 9.17) is 32.7 Å². The van der Waals surface area contributed by atoms with Gasteiger partial charge in [-0.25, -0.2) is 10.4 Å². The van der Waals surface area contributed by atoms with E-state index in [0.717, 1.165) is 22.1 Å². The Bertz CT molecular complexity index is 1850. The number of halogens is 2. The molecule has 0 saturated carbocycles. The van der Waals surface area contributed by atoms with E-state index in [1.54, 1.807) is 48.5 Å². The molecule has 0 aliphatic carbocycles. The number of hydrogen-bond acceptors (Lipinski definition) is 9. The third-order valence-corrected chi connectivity index (χ3v) is 7.55. The lowest BCUT2D eigenvalue weighted by Gasteiger charge is -2.14. The number of hydrogen-bond donors (Lipinski definition) is 2. The topological polar surface area (TPSA) is 128 Å². The van der Waals surface area contributed by atoms with Crippen molar-refractivity contribution in [2.24, 2.45) is 5.10 Å². The quantitative estimate of drug-likeness (QED) is 0.0779. The lowest BCUT2D eigenvalue weighted by molar-refractivity contribution is -0.384. The predicted molar refractivity (Wildman–Crippen MR) is 177 cm³/mol. The predicted octanol–water partition coefficient (Wildman–Crippen LogP) is 8.51. The normalized spacial score (nSPS) is 10.9. The summed E-state index contributed by atoms with van der Waals surface area (Å²) in [6.07, 6.45) is 1.44. The number of non-ortho nitro benzene ring substituents is 1. The molecular formula is C32H25Cl2N5O5S. The van der Waals surface area contributed by atoms with Crippen molar-refractivity contribution in [3.8, 4) is 22.8 Å². The molecule has 2 N–H and O–H groups in total. The molecule has 0 aliphatic heterocycles. The van der Waals surface area contributed by atoms with Crippen molar-refractivity contribution in [1.82, 2.24) is 10.4 Å². The summed E-state index contributed by atoms with van der Waals surface area (Å²) in [4.78, 5) is 27.9. The molecular weight excluding hydrogens is 637 g/mol. The van der Waals surface area contributed by atoms with Crippen LogP contribution in [0.3, 0.4) is 0 Å². The molecule has 5 rings (SSSR count). The molecule has 0 spiro atoms. The van der Waals surface area contributed by atoms with E-state index in [-0.39, 0.29) is 17.3 Å². The van der Waals surface area contributed by atoms with Gasteiger partial charge in [-0.15, -0.1) is 11.3 Å². The van der Waals surface area contributed by atoms with Crippen LogP contribution in [-0.2, 0) is 6.61 Å². The van der Waals surface area contributed by atoms with Crippen LogP contribution in [0.2, 0.25) is 10.0 Å². The molecule has 1 heterocycles. The molecule has 228 valence electrons. The Balaban J connectivity index is 1.20. The van der Waals surface area contributed by atoms with Crippen molar-refractivity contribution >= 4 is 63.2 Å². The molecule has 10 nitrogen and oxygen atoms in total. The maximum Gasteiger partial charge on any atom is 0.271 e. The second-order valence-corrected chi connectivity index (χ2v) is 11.1. The lowest BCUT2D eigenvalue weighted by atomic mass is 10.1. The number of ether oxygens (including phenoxy) is 2. The maximum atomic E-state index is 12.7. The van der Waals surface area contributed by atoms with Crippen LogP contribution in [0.5, 0.6) is 11.5 Å². The molecule has 13 heteroatoms. The van der Waals surface area contributed by atoms with Gasteiger partial charge in [-0.05, 0) is 66.6 Å². The third-order valence-electron chi connectivity index (χ3n) is 6.26. The molecule has 0 aliphatic rings. The number of nitro groups is 1. The van der Waals surface area contributed by atoms with Crippen LogP contribution < -0.4 is 20.2 Å². The number of nitrogens with zero attached hydrogens (tertiary/aromatic N) is 3. The maximum absolute atomic E-state index is 12.7. The number of nitro benzene ring substituents is 1. The van der Waals surface area contributed by atoms with Gasteiger partial charge in [-0.2, -0.15) is 5.10 Å². The zero-order valence-corrected chi connectivity index (χ0v) is 26.0. The summed E-state index contributed by atoms with van der Waals surface area (Å²) in [6.45, 7) is 2.21. The van der Waals surface area contributed by atoms with Crippen LogP contribution >= 0.6 is 34.5 Å². The molecule has 1 amide bonds. The van der Waals surface area contributed by atoms with Crippen LogP contribution in [0.15, 0.2) is 95.4 Å². The van der Waals surface area contributed by atoms with Crippen molar-refractivity contribution in [2.75, 3.05) is 11.9 Å². The SMILES string of the molecule is CCOc1cc(/C=N\NC(=O)c2ccc(-c3csc(Nc4ccc(Cl)cc4)n3)cc2)cc(Cl)c1OCc1cccc([N+](=O)[O-])c1. The number of carbonyl (C=O) groups is 1. The first-order chi connectivity index (χ1) is 21.8. The fraction of sp³-hybridized carbons (Fsp3) is 0.0938. The van der Waals surface area contributed by atoms with E-state index in [9.17, 15) is 14.9 Å². The van der Waals surface area contributed by atoms with Crippen molar-refractivity contribution in [2.45, 2.75) is 13.5 Å². The number of nitrogens with one attached hydrogen (secondary N) is 2. The van der Waals surface area contributed by atoms with Gasteiger partial charge in [0.15, 0.2) is 16.6 Å². The summed E-state index contributed by atoms with van der Waals surface area (Å²) in [5.74, 6) is 0.265. The van der Waals surface area contributed by atoms with Crippen molar-refractivity contribution < 1.29 is 19.2 Å². The van der Waals surface area contributed by atoms with E-state index >= 15 is 0 Å². The molecule has 45 heavy (non-hydrogen) atoms. The van der Waals surface area contributed by atoms with Gasteiger partial charge in [0.1, 0.15) is 6.61 Å². The van der Waals surface area contributed by atoms with Crippen LogP contribution in [0.25, 0.3) is 11.3 Å². The lowest BCUT2D eigenvalue weighted by Crippen LogP contribution is -2.17. The largest absolute Gasteiger partial charge is 0.490 e. The number of hydrazone groups is 1. The molecule has 0 radical (unpaired) electrons. The Morgan fingerprint density at radius 1 is 1.04 bits per heavy atom. The molecule has 0 atom stereocenters. The first-order valence-corrected chi connectivity index (χ1v) is 15.2. The monoisotopic (exact) mass is 661 g/mol. The standard InChI is InChI=1S/C32H25Cl2N5O5S/c1-2-43-29-16-21(15-27(34)30(29)44-18-20-4-3-5-26(14-20)39(41)42)17-35-38-31(40)23-8-6-22(7-9-23)28-19-45-32(37-28)36-25-12-10-24(33)11-13-25/h3-17,19H,2,18H2,1H3,(H,36,37)(H,38,40)/b35-17-. The average Bonchev–Trinajstić information content (AvgIpc) is 3.50. The zero-order chi connectivity index (χ0) is 31.8. The van der Waals surface area contributed by atoms with Gasteiger partial charge in [-0.3, -0.25) is 14.9 Å². The highest BCUT2D eigenvalue weighted by atomic mass is 35.5. The van der Waals surface area contributed by atoms with Crippen molar-refractivity contribution in [1.29, 1.82) is 0 Å². The number of amides is 1. The minimum atomic E-state index is -0.468. The first kappa shape index (κ1) is 31.5. The summed E-state index contributed by atoms with van der Waals surface area (Å²) in [7, 11) is 0. The van der Waals surface area contributed by atoms with Crippen LogP contribution in [0.4, 0.5) is 16.5 Å². The molecule has 5 aromatic rings. The Morgan fingerprint density at radius 2 is 1.82 bits per heavy atom. The van der Waals surface area contributed by atoms with Gasteiger partial charge >= 0.3 is 0 Å².